The first kappa shape index (κ1) is 21.3. The van der Waals surface area contributed by atoms with Crippen LogP contribution in [0.5, 0.6) is 11.6 Å². The van der Waals surface area contributed by atoms with E-state index in [4.69, 9.17) is 4.74 Å². The van der Waals surface area contributed by atoms with Gasteiger partial charge in [0.25, 0.3) is 5.88 Å². The first-order valence-corrected chi connectivity index (χ1v) is 9.73. The van der Waals surface area contributed by atoms with Crippen molar-refractivity contribution in [3.8, 4) is 22.8 Å². The number of aryl methyl sites for hydroxylation is 2. The molecular weight excluding hydrogens is 380 g/mol. The molecule has 6 heteroatoms. The van der Waals surface area contributed by atoms with E-state index >= 15 is 0 Å². The zero-order valence-corrected chi connectivity index (χ0v) is 17.9. The Morgan fingerprint density at radius 1 is 1.00 bits per heavy atom. The van der Waals surface area contributed by atoms with Gasteiger partial charge in [-0.3, -0.25) is 0 Å². The third-order valence-electron chi connectivity index (χ3n) is 4.55. The molecule has 30 heavy (non-hydrogen) atoms. The van der Waals surface area contributed by atoms with Crippen molar-refractivity contribution in [3.63, 3.8) is 0 Å². The highest BCUT2D eigenvalue weighted by Gasteiger charge is 2.25. The number of aromatic hydroxyl groups is 2. The second-order valence-electron chi connectivity index (χ2n) is 8.31. The van der Waals surface area contributed by atoms with E-state index in [1.165, 1.54) is 0 Å². The summed E-state index contributed by atoms with van der Waals surface area (Å²) in [6.45, 7) is 9.23. The maximum Gasteiger partial charge on any atom is 0.361 e. The molecule has 0 unspecified atom stereocenters. The van der Waals surface area contributed by atoms with E-state index in [0.29, 0.717) is 0 Å². The first-order chi connectivity index (χ1) is 14.0. The molecule has 2 aromatic carbocycles. The van der Waals surface area contributed by atoms with Crippen LogP contribution >= 0.6 is 0 Å². The number of nitrogens with zero attached hydrogens (tertiary/aromatic N) is 2. The summed E-state index contributed by atoms with van der Waals surface area (Å²) in [4.78, 5) is 20.6. The van der Waals surface area contributed by atoms with Crippen LogP contribution in [0.25, 0.3) is 11.1 Å². The minimum absolute atomic E-state index is 0.212. The molecule has 0 radical (unpaired) electrons. The van der Waals surface area contributed by atoms with Gasteiger partial charge >= 0.3 is 5.97 Å². The number of hydrogen-bond acceptors (Lipinski definition) is 6. The van der Waals surface area contributed by atoms with Gasteiger partial charge in [-0.25, -0.2) is 9.78 Å². The van der Waals surface area contributed by atoms with Crippen LogP contribution in [0.3, 0.4) is 0 Å². The van der Waals surface area contributed by atoms with Gasteiger partial charge in [0.2, 0.25) is 5.75 Å². The van der Waals surface area contributed by atoms with Crippen LogP contribution in [0.15, 0.2) is 42.5 Å². The fourth-order valence-electron chi connectivity index (χ4n) is 3.17. The number of benzene rings is 2. The molecule has 3 aromatic rings. The molecule has 0 saturated carbocycles. The summed E-state index contributed by atoms with van der Waals surface area (Å²) in [6.07, 6.45) is 0.271. The lowest BCUT2D eigenvalue weighted by molar-refractivity contribution is 0.00582. The van der Waals surface area contributed by atoms with Crippen molar-refractivity contribution >= 4 is 5.97 Å². The molecule has 156 valence electrons. The predicted octanol–water partition coefficient (Wildman–Crippen LogP) is 4.72. The largest absolute Gasteiger partial charge is 0.501 e. The Bertz CT molecular complexity index is 1100. The summed E-state index contributed by atoms with van der Waals surface area (Å²) < 4.78 is 5.29. The zero-order valence-electron chi connectivity index (χ0n) is 17.9. The number of carbonyl (C=O) groups is 1. The van der Waals surface area contributed by atoms with Crippen molar-refractivity contribution in [2.24, 2.45) is 0 Å². The van der Waals surface area contributed by atoms with Crippen LogP contribution in [-0.2, 0) is 11.2 Å². The normalized spacial score (nSPS) is 11.4. The number of hydrogen-bond donors (Lipinski definition) is 2. The standard InChI is InChI=1S/C24H26N2O4/c1-14-10-11-15(2)18(12-14)17-9-7-6-8-16(17)13-19-25-20(21(27)22(28)26-19)23(29)30-24(3,4)5/h6-12,27H,13H2,1-5H3,(H,25,26,28). The van der Waals surface area contributed by atoms with Gasteiger partial charge in [-0.2, -0.15) is 4.98 Å². The van der Waals surface area contributed by atoms with Crippen molar-refractivity contribution < 1.29 is 19.7 Å². The Morgan fingerprint density at radius 2 is 1.70 bits per heavy atom. The van der Waals surface area contributed by atoms with Gasteiger partial charge in [-0.05, 0) is 56.9 Å². The van der Waals surface area contributed by atoms with Crippen LogP contribution < -0.4 is 0 Å². The topological polar surface area (TPSA) is 92.5 Å². The molecule has 3 rings (SSSR count). The predicted molar refractivity (Wildman–Crippen MR) is 115 cm³/mol. The number of esters is 1. The molecule has 0 aliphatic rings. The first-order valence-electron chi connectivity index (χ1n) is 9.73. The van der Waals surface area contributed by atoms with Gasteiger partial charge in [0, 0.05) is 6.42 Å². The third-order valence-corrected chi connectivity index (χ3v) is 4.55. The van der Waals surface area contributed by atoms with Gasteiger partial charge in [-0.15, -0.1) is 0 Å². The molecule has 6 nitrogen and oxygen atoms in total. The highest BCUT2D eigenvalue weighted by molar-refractivity contribution is 5.91. The van der Waals surface area contributed by atoms with Crippen LogP contribution in [0.2, 0.25) is 0 Å². The number of carbonyl (C=O) groups excluding carboxylic acids is 1. The van der Waals surface area contributed by atoms with E-state index in [0.717, 1.165) is 27.8 Å². The van der Waals surface area contributed by atoms with Crippen molar-refractivity contribution in [3.05, 3.63) is 70.7 Å². The summed E-state index contributed by atoms with van der Waals surface area (Å²) in [7, 11) is 0. The Hall–Kier alpha value is -3.41. The van der Waals surface area contributed by atoms with E-state index in [1.807, 2.05) is 31.2 Å². The van der Waals surface area contributed by atoms with Crippen LogP contribution in [0, 0.1) is 13.8 Å². The second kappa shape index (κ2) is 8.14. The Labute approximate surface area is 176 Å². The van der Waals surface area contributed by atoms with E-state index in [-0.39, 0.29) is 17.9 Å². The highest BCUT2D eigenvalue weighted by atomic mass is 16.6. The quantitative estimate of drug-likeness (QED) is 0.609. The van der Waals surface area contributed by atoms with Crippen LogP contribution in [0.4, 0.5) is 0 Å². The van der Waals surface area contributed by atoms with Gasteiger partial charge in [0.1, 0.15) is 11.4 Å². The summed E-state index contributed by atoms with van der Waals surface area (Å²) in [5.74, 6) is -1.94. The Balaban J connectivity index is 2.02. The fraction of sp³-hybridized carbons (Fsp3) is 0.292. The van der Waals surface area contributed by atoms with Crippen LogP contribution in [0.1, 0.15) is 53.8 Å². The molecule has 0 aliphatic heterocycles. The summed E-state index contributed by atoms with van der Waals surface area (Å²) in [6, 6.07) is 14.1. The van der Waals surface area contributed by atoms with Crippen molar-refractivity contribution in [1.82, 2.24) is 9.97 Å². The van der Waals surface area contributed by atoms with E-state index in [1.54, 1.807) is 20.8 Å². The second-order valence-corrected chi connectivity index (χ2v) is 8.31. The molecular formula is C24H26N2O4. The van der Waals surface area contributed by atoms with Gasteiger partial charge in [-0.1, -0.05) is 48.0 Å². The summed E-state index contributed by atoms with van der Waals surface area (Å²) in [5.41, 5.74) is 4.23. The minimum Gasteiger partial charge on any atom is -0.501 e. The third kappa shape index (κ3) is 4.76. The molecule has 0 amide bonds. The zero-order chi connectivity index (χ0) is 22.1. The number of aromatic nitrogens is 2. The molecule has 0 atom stereocenters. The molecule has 0 bridgehead atoms. The van der Waals surface area contributed by atoms with Gasteiger partial charge in [0.05, 0.1) is 0 Å². The molecule has 0 aliphatic carbocycles. The lowest BCUT2D eigenvalue weighted by Crippen LogP contribution is -2.25. The van der Waals surface area contributed by atoms with Crippen molar-refractivity contribution in [2.75, 3.05) is 0 Å². The highest BCUT2D eigenvalue weighted by Crippen LogP contribution is 2.31. The van der Waals surface area contributed by atoms with E-state index in [2.05, 4.69) is 35.1 Å². The monoisotopic (exact) mass is 406 g/mol. The SMILES string of the molecule is Cc1ccc(C)c(-c2ccccc2Cc2nc(O)c(O)c(C(=O)OC(C)(C)C)n2)c1. The number of rotatable bonds is 4. The van der Waals surface area contributed by atoms with Crippen LogP contribution in [-0.4, -0.2) is 31.8 Å². The molecule has 2 N–H and O–H groups in total. The number of ether oxygens (including phenoxy) is 1. The Morgan fingerprint density at radius 3 is 2.40 bits per heavy atom. The average Bonchev–Trinajstić information content (AvgIpc) is 2.65. The molecule has 0 spiro atoms. The molecule has 1 aromatic heterocycles. The van der Waals surface area contributed by atoms with E-state index < -0.39 is 23.2 Å². The lowest BCUT2D eigenvalue weighted by atomic mass is 9.93. The fourth-order valence-corrected chi connectivity index (χ4v) is 3.17. The maximum absolute atomic E-state index is 12.4. The summed E-state index contributed by atoms with van der Waals surface area (Å²) >= 11 is 0. The molecule has 1 heterocycles. The van der Waals surface area contributed by atoms with Gasteiger partial charge < -0.3 is 14.9 Å². The molecule has 0 fully saturated rings. The summed E-state index contributed by atoms with van der Waals surface area (Å²) in [5, 5.41) is 20.1. The Kier molecular flexibility index (Phi) is 5.78. The maximum atomic E-state index is 12.4. The van der Waals surface area contributed by atoms with Crippen molar-refractivity contribution in [1.29, 1.82) is 0 Å². The van der Waals surface area contributed by atoms with E-state index in [9.17, 15) is 15.0 Å². The minimum atomic E-state index is -0.818. The molecule has 0 saturated heterocycles. The smallest absolute Gasteiger partial charge is 0.361 e. The average molecular weight is 406 g/mol. The lowest BCUT2D eigenvalue weighted by Gasteiger charge is -2.19. The van der Waals surface area contributed by atoms with Crippen molar-refractivity contribution in [2.45, 2.75) is 46.6 Å². The van der Waals surface area contributed by atoms with Gasteiger partial charge in [0.15, 0.2) is 5.69 Å².